The van der Waals surface area contributed by atoms with Crippen LogP contribution in [0.3, 0.4) is 0 Å². The van der Waals surface area contributed by atoms with Gasteiger partial charge in [0, 0.05) is 59.0 Å². The fraction of sp³-hybridized carbons (Fsp3) is 0.714. The fourth-order valence-corrected chi connectivity index (χ4v) is 4.43. The van der Waals surface area contributed by atoms with Gasteiger partial charge in [-0.2, -0.15) is 0 Å². The minimum Gasteiger partial charge on any atom is -0.496 e. The van der Waals surface area contributed by atoms with E-state index in [9.17, 15) is 5.11 Å². The summed E-state index contributed by atoms with van der Waals surface area (Å²) >= 11 is 0. The predicted octanol–water partition coefficient (Wildman–Crippen LogP) is 1.60. The van der Waals surface area contributed by atoms with E-state index in [2.05, 4.69) is 47.7 Å². The van der Waals surface area contributed by atoms with Crippen molar-refractivity contribution in [1.82, 2.24) is 14.7 Å². The first-order valence-electron chi connectivity index (χ1n) is 9.89. The lowest BCUT2D eigenvalue weighted by Gasteiger charge is -2.34. The van der Waals surface area contributed by atoms with Gasteiger partial charge in [0.15, 0.2) is 0 Å². The van der Waals surface area contributed by atoms with Crippen molar-refractivity contribution in [2.45, 2.75) is 20.4 Å². The molecule has 3 rings (SSSR count). The topological polar surface area (TPSA) is 39.2 Å². The highest BCUT2D eigenvalue weighted by molar-refractivity contribution is 5.43. The molecule has 2 heterocycles. The summed E-state index contributed by atoms with van der Waals surface area (Å²) in [6.45, 7) is 13.4. The summed E-state index contributed by atoms with van der Waals surface area (Å²) in [4.78, 5) is 7.51. The van der Waals surface area contributed by atoms with Crippen LogP contribution in [0.4, 0.5) is 0 Å². The number of hydrogen-bond donors (Lipinski definition) is 1. The summed E-state index contributed by atoms with van der Waals surface area (Å²) in [5.74, 6) is 1.94. The van der Waals surface area contributed by atoms with E-state index in [1.807, 2.05) is 0 Å². The summed E-state index contributed by atoms with van der Waals surface area (Å²) in [6, 6.07) is 4.28. The maximum Gasteiger partial charge on any atom is 0.122 e. The number of likely N-dealkylation sites (tertiary alicyclic amines) is 1. The number of likely N-dealkylation sites (N-methyl/N-ethyl adjacent to an activating group) is 1. The van der Waals surface area contributed by atoms with E-state index >= 15 is 0 Å². The zero-order chi connectivity index (χ0) is 18.7. The minimum absolute atomic E-state index is 0.301. The molecule has 0 bridgehead atoms. The number of methoxy groups -OCH3 is 1. The van der Waals surface area contributed by atoms with Gasteiger partial charge in [-0.3, -0.25) is 4.90 Å². The standard InChI is InChI=1S/C21H35N3O2/c1-16-17(2)21(26-4)6-5-18(16)11-24-13-19(20(14-24)15-25)12-23-9-7-22(3)8-10-23/h5-6,19-20,25H,7-15H2,1-4H3/t19-,20-/m1/s1. The molecular formula is C21H35N3O2. The van der Waals surface area contributed by atoms with E-state index in [0.29, 0.717) is 18.4 Å². The van der Waals surface area contributed by atoms with Gasteiger partial charge in [0.05, 0.1) is 7.11 Å². The summed E-state index contributed by atoms with van der Waals surface area (Å²) in [5, 5.41) is 9.89. The van der Waals surface area contributed by atoms with Crippen LogP contribution in [0.2, 0.25) is 0 Å². The normalized spacial score (nSPS) is 25.7. The zero-order valence-corrected chi connectivity index (χ0v) is 16.9. The van der Waals surface area contributed by atoms with Crippen molar-refractivity contribution >= 4 is 0 Å². The molecule has 0 saturated carbocycles. The molecular weight excluding hydrogens is 326 g/mol. The first kappa shape index (κ1) is 19.6. The highest BCUT2D eigenvalue weighted by Gasteiger charge is 2.34. The lowest BCUT2D eigenvalue weighted by Crippen LogP contribution is -2.47. The Morgan fingerprint density at radius 2 is 1.69 bits per heavy atom. The number of nitrogens with zero attached hydrogens (tertiary/aromatic N) is 3. The molecule has 1 aromatic carbocycles. The van der Waals surface area contributed by atoms with Crippen LogP contribution in [0.15, 0.2) is 12.1 Å². The number of hydrogen-bond acceptors (Lipinski definition) is 5. The quantitative estimate of drug-likeness (QED) is 0.833. The average molecular weight is 362 g/mol. The number of aliphatic hydroxyl groups is 1. The van der Waals surface area contributed by atoms with Gasteiger partial charge in [0.1, 0.15) is 5.75 Å². The van der Waals surface area contributed by atoms with Crippen LogP contribution in [-0.4, -0.2) is 86.4 Å². The molecule has 0 unspecified atom stereocenters. The summed E-state index contributed by atoms with van der Waals surface area (Å²) in [6.07, 6.45) is 0. The van der Waals surface area contributed by atoms with Crippen molar-refractivity contribution in [3.63, 3.8) is 0 Å². The van der Waals surface area contributed by atoms with Crippen LogP contribution in [-0.2, 0) is 6.54 Å². The van der Waals surface area contributed by atoms with Gasteiger partial charge in [-0.25, -0.2) is 0 Å². The van der Waals surface area contributed by atoms with Gasteiger partial charge in [-0.05, 0) is 55.5 Å². The largest absolute Gasteiger partial charge is 0.496 e. The Labute approximate surface area is 158 Å². The van der Waals surface area contributed by atoms with Crippen LogP contribution < -0.4 is 4.74 Å². The molecule has 2 saturated heterocycles. The molecule has 1 aromatic rings. The number of piperazine rings is 1. The Kier molecular flexibility index (Phi) is 6.56. The second-order valence-electron chi connectivity index (χ2n) is 8.18. The van der Waals surface area contributed by atoms with Crippen LogP contribution in [0.5, 0.6) is 5.75 Å². The Balaban J connectivity index is 1.61. The Bertz CT molecular complexity index is 599. The van der Waals surface area contributed by atoms with Crippen LogP contribution in [0.1, 0.15) is 16.7 Å². The highest BCUT2D eigenvalue weighted by Crippen LogP contribution is 2.29. The molecule has 2 aliphatic rings. The van der Waals surface area contributed by atoms with Crippen LogP contribution in [0, 0.1) is 25.7 Å². The average Bonchev–Trinajstić information content (AvgIpc) is 3.02. The SMILES string of the molecule is COc1ccc(CN2C[C@@H](CN3CCN(C)CC3)[C@@H](CO)C2)c(C)c1C. The van der Waals surface area contributed by atoms with Crippen molar-refractivity contribution < 1.29 is 9.84 Å². The zero-order valence-electron chi connectivity index (χ0n) is 16.9. The number of rotatable bonds is 6. The molecule has 0 spiro atoms. The lowest BCUT2D eigenvalue weighted by molar-refractivity contribution is 0.116. The molecule has 1 N–H and O–H groups in total. The predicted molar refractivity (Wildman–Crippen MR) is 106 cm³/mol. The molecule has 0 radical (unpaired) electrons. The van der Waals surface area contributed by atoms with Crippen molar-refractivity contribution in [3.05, 3.63) is 28.8 Å². The summed E-state index contributed by atoms with van der Waals surface area (Å²) in [7, 11) is 3.93. The molecule has 2 fully saturated rings. The van der Waals surface area contributed by atoms with Crippen LogP contribution in [0.25, 0.3) is 0 Å². The van der Waals surface area contributed by atoms with E-state index in [1.54, 1.807) is 7.11 Å². The number of aliphatic hydroxyl groups excluding tert-OH is 1. The monoisotopic (exact) mass is 361 g/mol. The molecule has 0 aromatic heterocycles. The molecule has 0 amide bonds. The molecule has 2 atom stereocenters. The molecule has 5 nitrogen and oxygen atoms in total. The van der Waals surface area contributed by atoms with Gasteiger partial charge in [-0.1, -0.05) is 6.07 Å². The lowest BCUT2D eigenvalue weighted by atomic mass is 9.96. The molecule has 26 heavy (non-hydrogen) atoms. The van der Waals surface area contributed by atoms with Gasteiger partial charge < -0.3 is 19.6 Å². The smallest absolute Gasteiger partial charge is 0.122 e. The Hall–Kier alpha value is -1.14. The minimum atomic E-state index is 0.301. The van der Waals surface area contributed by atoms with Crippen molar-refractivity contribution in [2.24, 2.45) is 11.8 Å². The maximum atomic E-state index is 9.89. The third-order valence-electron chi connectivity index (χ3n) is 6.44. The first-order valence-corrected chi connectivity index (χ1v) is 9.89. The molecule has 2 aliphatic heterocycles. The maximum absolute atomic E-state index is 9.89. The van der Waals surface area contributed by atoms with Crippen molar-refractivity contribution in [2.75, 3.05) is 66.6 Å². The van der Waals surface area contributed by atoms with Crippen molar-refractivity contribution in [3.8, 4) is 5.75 Å². The summed E-state index contributed by atoms with van der Waals surface area (Å²) in [5.41, 5.74) is 3.93. The van der Waals surface area contributed by atoms with Gasteiger partial charge in [0.2, 0.25) is 0 Å². The highest BCUT2D eigenvalue weighted by atomic mass is 16.5. The molecule has 5 heteroatoms. The first-order chi connectivity index (χ1) is 12.5. The third-order valence-corrected chi connectivity index (χ3v) is 6.44. The number of benzene rings is 1. The van der Waals surface area contributed by atoms with Crippen LogP contribution >= 0.6 is 0 Å². The molecule has 146 valence electrons. The Morgan fingerprint density at radius 3 is 2.35 bits per heavy atom. The second kappa shape index (κ2) is 8.70. The van der Waals surface area contributed by atoms with Gasteiger partial charge in [-0.15, -0.1) is 0 Å². The van der Waals surface area contributed by atoms with Crippen molar-refractivity contribution in [1.29, 1.82) is 0 Å². The van der Waals surface area contributed by atoms with E-state index < -0.39 is 0 Å². The Morgan fingerprint density at radius 1 is 1.00 bits per heavy atom. The van der Waals surface area contributed by atoms with Gasteiger partial charge >= 0.3 is 0 Å². The van der Waals surface area contributed by atoms with E-state index in [4.69, 9.17) is 4.74 Å². The van der Waals surface area contributed by atoms with Gasteiger partial charge in [0.25, 0.3) is 0 Å². The van der Waals surface area contributed by atoms with E-state index in [0.717, 1.165) is 58.1 Å². The molecule has 0 aliphatic carbocycles. The van der Waals surface area contributed by atoms with E-state index in [-0.39, 0.29) is 0 Å². The second-order valence-corrected chi connectivity index (χ2v) is 8.18. The fourth-order valence-electron chi connectivity index (χ4n) is 4.43. The number of ether oxygens (including phenoxy) is 1. The van der Waals surface area contributed by atoms with E-state index in [1.165, 1.54) is 16.7 Å². The summed E-state index contributed by atoms with van der Waals surface area (Å²) < 4.78 is 5.44. The third kappa shape index (κ3) is 4.39.